The number of rotatable bonds is 1. The predicted octanol–water partition coefficient (Wildman–Crippen LogP) is -0.140. The second-order valence-corrected chi connectivity index (χ2v) is 3.41. The molecule has 0 spiro atoms. The molecule has 3 N–H and O–H groups in total. The van der Waals surface area contributed by atoms with E-state index in [1.165, 1.54) is 0 Å². The quantitative estimate of drug-likeness (QED) is 0.548. The van der Waals surface area contributed by atoms with Crippen molar-refractivity contribution in [1.29, 1.82) is 0 Å². The summed E-state index contributed by atoms with van der Waals surface area (Å²) in [4.78, 5) is 0. The monoisotopic (exact) mass is 190 g/mol. The molecule has 0 fully saturated rings. The Hall–Kier alpha value is -1.33. The molecule has 0 amide bonds. The second kappa shape index (κ2) is 3.11. The summed E-state index contributed by atoms with van der Waals surface area (Å²) in [5.41, 5.74) is 3.01. The summed E-state index contributed by atoms with van der Waals surface area (Å²) < 4.78 is 0. The van der Waals surface area contributed by atoms with Crippen molar-refractivity contribution in [3.8, 4) is 0 Å². The molecule has 0 atom stereocenters. The predicted molar refractivity (Wildman–Crippen MR) is 55.4 cm³/mol. The maximum absolute atomic E-state index is 9.26. The molecule has 0 bridgehead atoms. The molecule has 1 heterocycles. The lowest BCUT2D eigenvalue weighted by Gasteiger charge is -2.05. The standard InChI is InChI=1S/C9H11BN2O2/c1-5-3-4-7-8(6(2)11-12-7)9(5)10(13)14/h3-4,13-14H,1-2H3,(H,11,12). The summed E-state index contributed by atoms with van der Waals surface area (Å²) in [7, 11) is -1.45. The number of hydrogen-bond acceptors (Lipinski definition) is 3. The molecule has 0 radical (unpaired) electrons. The third kappa shape index (κ3) is 1.22. The first-order valence-electron chi connectivity index (χ1n) is 4.41. The molecule has 72 valence electrons. The molecule has 1 aromatic carbocycles. The van der Waals surface area contributed by atoms with E-state index in [9.17, 15) is 10.0 Å². The zero-order chi connectivity index (χ0) is 10.3. The van der Waals surface area contributed by atoms with Crippen LogP contribution in [0, 0.1) is 13.8 Å². The summed E-state index contributed by atoms with van der Waals surface area (Å²) in [5.74, 6) is 0. The van der Waals surface area contributed by atoms with Crippen molar-refractivity contribution in [2.45, 2.75) is 13.8 Å². The van der Waals surface area contributed by atoms with Gasteiger partial charge in [-0.15, -0.1) is 0 Å². The topological polar surface area (TPSA) is 69.1 Å². The highest BCUT2D eigenvalue weighted by Gasteiger charge is 2.19. The largest absolute Gasteiger partial charge is 0.489 e. The Balaban J connectivity index is 2.87. The zero-order valence-corrected chi connectivity index (χ0v) is 8.07. The molecule has 0 aliphatic carbocycles. The van der Waals surface area contributed by atoms with Crippen molar-refractivity contribution in [1.82, 2.24) is 10.2 Å². The van der Waals surface area contributed by atoms with E-state index in [0.717, 1.165) is 22.2 Å². The van der Waals surface area contributed by atoms with E-state index in [-0.39, 0.29) is 0 Å². The van der Waals surface area contributed by atoms with E-state index in [0.29, 0.717) is 5.46 Å². The number of aromatic amines is 1. The number of hydrogen-bond donors (Lipinski definition) is 3. The molecule has 4 nitrogen and oxygen atoms in total. The van der Waals surface area contributed by atoms with Gasteiger partial charge in [-0.2, -0.15) is 5.10 Å². The minimum Gasteiger partial charge on any atom is -0.423 e. The van der Waals surface area contributed by atoms with Crippen molar-refractivity contribution in [2.24, 2.45) is 0 Å². The van der Waals surface area contributed by atoms with Gasteiger partial charge in [0.05, 0.1) is 5.52 Å². The van der Waals surface area contributed by atoms with E-state index < -0.39 is 7.12 Å². The number of aromatic nitrogens is 2. The summed E-state index contributed by atoms with van der Waals surface area (Å²) in [6.45, 7) is 3.71. The van der Waals surface area contributed by atoms with Crippen LogP contribution in [-0.4, -0.2) is 27.4 Å². The van der Waals surface area contributed by atoms with E-state index in [2.05, 4.69) is 10.2 Å². The van der Waals surface area contributed by atoms with Gasteiger partial charge in [-0.3, -0.25) is 5.10 Å². The highest BCUT2D eigenvalue weighted by Crippen LogP contribution is 2.14. The van der Waals surface area contributed by atoms with Crippen LogP contribution in [0.25, 0.3) is 10.9 Å². The highest BCUT2D eigenvalue weighted by molar-refractivity contribution is 6.62. The van der Waals surface area contributed by atoms with Gasteiger partial charge in [0, 0.05) is 11.1 Å². The second-order valence-electron chi connectivity index (χ2n) is 3.41. The van der Waals surface area contributed by atoms with Crippen molar-refractivity contribution >= 4 is 23.5 Å². The average molecular weight is 190 g/mol. The van der Waals surface area contributed by atoms with Crippen LogP contribution in [0.3, 0.4) is 0 Å². The molecular weight excluding hydrogens is 179 g/mol. The number of fused-ring (bicyclic) bond motifs is 1. The first-order valence-corrected chi connectivity index (χ1v) is 4.41. The number of H-pyrrole nitrogens is 1. The summed E-state index contributed by atoms with van der Waals surface area (Å²) >= 11 is 0. The van der Waals surface area contributed by atoms with E-state index >= 15 is 0 Å². The summed E-state index contributed by atoms with van der Waals surface area (Å²) in [6, 6.07) is 3.69. The van der Waals surface area contributed by atoms with Crippen LogP contribution in [0.5, 0.6) is 0 Å². The number of aryl methyl sites for hydroxylation is 2. The van der Waals surface area contributed by atoms with Crippen LogP contribution >= 0.6 is 0 Å². The Bertz CT molecular complexity index is 479. The van der Waals surface area contributed by atoms with Gasteiger partial charge in [-0.1, -0.05) is 11.6 Å². The van der Waals surface area contributed by atoms with Crippen LogP contribution in [0.4, 0.5) is 0 Å². The molecule has 0 unspecified atom stereocenters. The Morgan fingerprint density at radius 3 is 2.64 bits per heavy atom. The number of nitrogens with one attached hydrogen (secondary N) is 1. The van der Waals surface area contributed by atoms with Crippen LogP contribution in [0.1, 0.15) is 11.3 Å². The fourth-order valence-electron chi connectivity index (χ4n) is 1.73. The fraction of sp³-hybridized carbons (Fsp3) is 0.222. The van der Waals surface area contributed by atoms with Crippen molar-refractivity contribution in [2.75, 3.05) is 0 Å². The Kier molecular flexibility index (Phi) is 2.05. The molecule has 2 rings (SSSR count). The van der Waals surface area contributed by atoms with Crippen LogP contribution in [-0.2, 0) is 0 Å². The van der Waals surface area contributed by atoms with E-state index in [4.69, 9.17) is 0 Å². The SMILES string of the molecule is Cc1ccc2n[nH]c(C)c2c1B(O)O. The number of nitrogens with zero attached hydrogens (tertiary/aromatic N) is 1. The maximum Gasteiger partial charge on any atom is 0.489 e. The molecule has 2 aromatic rings. The lowest BCUT2D eigenvalue weighted by Crippen LogP contribution is -2.32. The average Bonchev–Trinajstić information content (AvgIpc) is 2.47. The van der Waals surface area contributed by atoms with Crippen LogP contribution < -0.4 is 5.46 Å². The van der Waals surface area contributed by atoms with Gasteiger partial charge in [0.15, 0.2) is 0 Å². The molecule has 14 heavy (non-hydrogen) atoms. The summed E-state index contributed by atoms with van der Waals surface area (Å²) in [6.07, 6.45) is 0. The third-order valence-electron chi connectivity index (χ3n) is 2.42. The van der Waals surface area contributed by atoms with Gasteiger partial charge in [0.25, 0.3) is 0 Å². The highest BCUT2D eigenvalue weighted by atomic mass is 16.4. The fourth-order valence-corrected chi connectivity index (χ4v) is 1.73. The molecule has 0 saturated heterocycles. The lowest BCUT2D eigenvalue weighted by atomic mass is 9.75. The smallest absolute Gasteiger partial charge is 0.423 e. The number of benzene rings is 1. The van der Waals surface area contributed by atoms with Crippen LogP contribution in [0.15, 0.2) is 12.1 Å². The van der Waals surface area contributed by atoms with Gasteiger partial charge >= 0.3 is 7.12 Å². The molecular formula is C9H11BN2O2. The molecule has 5 heteroatoms. The van der Waals surface area contributed by atoms with E-state index in [1.807, 2.05) is 26.0 Å². The molecule has 0 aliphatic rings. The minimum atomic E-state index is -1.45. The molecule has 1 aromatic heterocycles. The Labute approximate surface area is 81.7 Å². The normalized spacial score (nSPS) is 10.9. The Morgan fingerprint density at radius 1 is 1.29 bits per heavy atom. The minimum absolute atomic E-state index is 0.536. The zero-order valence-electron chi connectivity index (χ0n) is 8.07. The van der Waals surface area contributed by atoms with Gasteiger partial charge in [0.2, 0.25) is 0 Å². The van der Waals surface area contributed by atoms with Gasteiger partial charge in [0.1, 0.15) is 0 Å². The first kappa shape index (κ1) is 9.24. The molecule has 0 aliphatic heterocycles. The van der Waals surface area contributed by atoms with Crippen molar-refractivity contribution in [3.05, 3.63) is 23.4 Å². The summed E-state index contributed by atoms with van der Waals surface area (Å²) in [5, 5.41) is 26.2. The van der Waals surface area contributed by atoms with Crippen molar-refractivity contribution < 1.29 is 10.0 Å². The lowest BCUT2D eigenvalue weighted by molar-refractivity contribution is 0.426. The Morgan fingerprint density at radius 2 is 2.00 bits per heavy atom. The third-order valence-corrected chi connectivity index (χ3v) is 2.42. The molecule has 0 saturated carbocycles. The van der Waals surface area contributed by atoms with Crippen molar-refractivity contribution in [3.63, 3.8) is 0 Å². The van der Waals surface area contributed by atoms with Gasteiger partial charge in [-0.05, 0) is 25.4 Å². The van der Waals surface area contributed by atoms with Gasteiger partial charge < -0.3 is 10.0 Å². The maximum atomic E-state index is 9.26. The van der Waals surface area contributed by atoms with Crippen LogP contribution in [0.2, 0.25) is 0 Å². The van der Waals surface area contributed by atoms with E-state index in [1.54, 1.807) is 0 Å². The van der Waals surface area contributed by atoms with Gasteiger partial charge in [-0.25, -0.2) is 0 Å². The first-order chi connectivity index (χ1) is 6.61.